The van der Waals surface area contributed by atoms with Crippen LogP contribution in [-0.2, 0) is 7.05 Å². The molecule has 0 spiro atoms. The zero-order valence-electron chi connectivity index (χ0n) is 13.1. The molecule has 2 rings (SSSR count). The van der Waals surface area contributed by atoms with Gasteiger partial charge in [-0.15, -0.1) is 0 Å². The number of hydrogen-bond acceptors (Lipinski definition) is 5. The fourth-order valence-corrected chi connectivity index (χ4v) is 2.96. The molecule has 2 heterocycles. The molecule has 0 aromatic carbocycles. The van der Waals surface area contributed by atoms with Crippen molar-refractivity contribution in [3.63, 3.8) is 0 Å². The monoisotopic (exact) mass is 295 g/mol. The number of piperidine rings is 1. The van der Waals surface area contributed by atoms with Crippen LogP contribution in [0.1, 0.15) is 38.4 Å². The van der Waals surface area contributed by atoms with Crippen LogP contribution in [0.25, 0.3) is 0 Å². The Morgan fingerprint density at radius 2 is 2.29 bits per heavy atom. The SMILES string of the molecule is CCCN(CC1CCCCN1)c1c([N+](=O)[O-])nc(C)n1C. The Kier molecular flexibility index (Phi) is 5.17. The summed E-state index contributed by atoms with van der Waals surface area (Å²) < 4.78 is 1.83. The topological polar surface area (TPSA) is 76.2 Å². The lowest BCUT2D eigenvalue weighted by Crippen LogP contribution is -2.44. The third-order valence-electron chi connectivity index (χ3n) is 4.09. The highest BCUT2D eigenvalue weighted by Gasteiger charge is 2.29. The first-order valence-electron chi connectivity index (χ1n) is 7.70. The number of hydrogen-bond donors (Lipinski definition) is 1. The van der Waals surface area contributed by atoms with Gasteiger partial charge in [0.1, 0.15) is 0 Å². The normalized spacial score (nSPS) is 18.7. The average Bonchev–Trinajstić information content (AvgIpc) is 2.76. The molecule has 1 N–H and O–H groups in total. The van der Waals surface area contributed by atoms with Crippen LogP contribution in [0.15, 0.2) is 0 Å². The molecule has 0 radical (unpaired) electrons. The van der Waals surface area contributed by atoms with Crippen LogP contribution in [0.3, 0.4) is 0 Å². The molecule has 7 nitrogen and oxygen atoms in total. The van der Waals surface area contributed by atoms with Gasteiger partial charge < -0.3 is 20.3 Å². The first kappa shape index (κ1) is 15.8. The molecule has 1 aliphatic heterocycles. The molecule has 1 aromatic heterocycles. The highest BCUT2D eigenvalue weighted by molar-refractivity contribution is 5.56. The molecule has 7 heteroatoms. The largest absolute Gasteiger partial charge is 0.406 e. The Labute approximate surface area is 125 Å². The van der Waals surface area contributed by atoms with Crippen molar-refractivity contribution in [2.45, 2.75) is 45.6 Å². The van der Waals surface area contributed by atoms with Crippen LogP contribution >= 0.6 is 0 Å². The second kappa shape index (κ2) is 6.89. The zero-order valence-corrected chi connectivity index (χ0v) is 13.1. The van der Waals surface area contributed by atoms with Crippen molar-refractivity contribution in [1.29, 1.82) is 0 Å². The summed E-state index contributed by atoms with van der Waals surface area (Å²) in [7, 11) is 1.85. The average molecular weight is 295 g/mol. The van der Waals surface area contributed by atoms with Gasteiger partial charge in [0, 0.05) is 33.1 Å². The number of anilines is 1. The van der Waals surface area contributed by atoms with Gasteiger partial charge >= 0.3 is 5.82 Å². The first-order valence-corrected chi connectivity index (χ1v) is 7.70. The highest BCUT2D eigenvalue weighted by atomic mass is 16.6. The minimum absolute atomic E-state index is 0.0285. The van der Waals surface area contributed by atoms with Crippen molar-refractivity contribution in [3.8, 4) is 0 Å². The van der Waals surface area contributed by atoms with Crippen molar-refractivity contribution in [1.82, 2.24) is 14.9 Å². The maximum absolute atomic E-state index is 11.3. The summed E-state index contributed by atoms with van der Waals surface area (Å²) in [5, 5.41) is 14.8. The maximum atomic E-state index is 11.3. The van der Waals surface area contributed by atoms with Crippen molar-refractivity contribution in [3.05, 3.63) is 15.9 Å². The van der Waals surface area contributed by atoms with Crippen molar-refractivity contribution >= 4 is 11.6 Å². The molecule has 1 atom stereocenters. The number of nitrogens with zero attached hydrogens (tertiary/aromatic N) is 4. The number of nitrogens with one attached hydrogen (secondary N) is 1. The molecule has 0 aliphatic carbocycles. The molecule has 1 fully saturated rings. The van der Waals surface area contributed by atoms with Gasteiger partial charge in [0.2, 0.25) is 11.6 Å². The summed E-state index contributed by atoms with van der Waals surface area (Å²) in [6.45, 7) is 6.54. The molecule has 0 bridgehead atoms. The van der Waals surface area contributed by atoms with Crippen LogP contribution in [0.5, 0.6) is 0 Å². The lowest BCUT2D eigenvalue weighted by atomic mass is 10.0. The Balaban J connectivity index is 2.26. The van der Waals surface area contributed by atoms with E-state index in [4.69, 9.17) is 0 Å². The Morgan fingerprint density at radius 3 is 2.86 bits per heavy atom. The van der Waals surface area contributed by atoms with E-state index in [2.05, 4.69) is 22.1 Å². The molecule has 1 aliphatic rings. The van der Waals surface area contributed by atoms with E-state index in [1.54, 1.807) is 6.92 Å². The number of nitro groups is 1. The van der Waals surface area contributed by atoms with Gasteiger partial charge in [-0.3, -0.25) is 4.57 Å². The van der Waals surface area contributed by atoms with Crippen molar-refractivity contribution in [2.75, 3.05) is 24.5 Å². The number of aromatic nitrogens is 2. The predicted molar refractivity (Wildman–Crippen MR) is 82.7 cm³/mol. The lowest BCUT2D eigenvalue weighted by Gasteiger charge is -2.31. The number of imidazole rings is 1. The molecular formula is C14H25N5O2. The maximum Gasteiger partial charge on any atom is 0.406 e. The zero-order chi connectivity index (χ0) is 15.4. The highest BCUT2D eigenvalue weighted by Crippen LogP contribution is 2.28. The van der Waals surface area contributed by atoms with Gasteiger partial charge in [-0.1, -0.05) is 13.3 Å². The van der Waals surface area contributed by atoms with Crippen LogP contribution in [0.4, 0.5) is 11.6 Å². The van der Waals surface area contributed by atoms with Crippen LogP contribution in [-0.4, -0.2) is 40.2 Å². The van der Waals surface area contributed by atoms with Gasteiger partial charge in [0.25, 0.3) is 0 Å². The minimum atomic E-state index is -0.376. The smallest absolute Gasteiger partial charge is 0.358 e. The second-order valence-corrected chi connectivity index (χ2v) is 5.72. The van der Waals surface area contributed by atoms with E-state index < -0.39 is 0 Å². The second-order valence-electron chi connectivity index (χ2n) is 5.72. The summed E-state index contributed by atoms with van der Waals surface area (Å²) in [5.74, 6) is 1.28. The number of aryl methyl sites for hydroxylation is 1. The molecule has 1 saturated heterocycles. The van der Waals surface area contributed by atoms with Crippen LogP contribution in [0, 0.1) is 17.0 Å². The van der Waals surface area contributed by atoms with E-state index in [-0.39, 0.29) is 10.7 Å². The summed E-state index contributed by atoms with van der Waals surface area (Å²) >= 11 is 0. The Bertz CT molecular complexity index is 494. The number of rotatable bonds is 6. The van der Waals surface area contributed by atoms with Crippen molar-refractivity contribution in [2.24, 2.45) is 7.05 Å². The molecular weight excluding hydrogens is 270 g/mol. The quantitative estimate of drug-likeness (QED) is 0.641. The molecule has 0 saturated carbocycles. The fraction of sp³-hybridized carbons (Fsp3) is 0.786. The standard InChI is InChI=1S/C14H25N5O2/c1-4-9-18(10-12-7-5-6-8-15-12)14-13(19(20)21)16-11(2)17(14)3/h12,15H,4-10H2,1-3H3. The molecule has 1 aromatic rings. The van der Waals surface area contributed by atoms with Crippen molar-refractivity contribution < 1.29 is 4.92 Å². The third kappa shape index (κ3) is 3.53. The van der Waals surface area contributed by atoms with E-state index in [9.17, 15) is 10.1 Å². The minimum Gasteiger partial charge on any atom is -0.358 e. The summed E-state index contributed by atoms with van der Waals surface area (Å²) in [5.41, 5.74) is 0. The van der Waals surface area contributed by atoms with Gasteiger partial charge in [0.05, 0.1) is 0 Å². The third-order valence-corrected chi connectivity index (χ3v) is 4.09. The Morgan fingerprint density at radius 1 is 1.52 bits per heavy atom. The van der Waals surface area contributed by atoms with Gasteiger partial charge in [-0.25, -0.2) is 0 Å². The fourth-order valence-electron chi connectivity index (χ4n) is 2.96. The van der Waals surface area contributed by atoms with Crippen LogP contribution in [0.2, 0.25) is 0 Å². The molecule has 0 amide bonds. The van der Waals surface area contributed by atoms with E-state index in [0.717, 1.165) is 32.5 Å². The predicted octanol–water partition coefficient (Wildman–Crippen LogP) is 2.00. The Hall–Kier alpha value is -1.63. The van der Waals surface area contributed by atoms with E-state index in [1.165, 1.54) is 12.8 Å². The van der Waals surface area contributed by atoms with E-state index in [0.29, 0.717) is 17.7 Å². The van der Waals surface area contributed by atoms with Crippen LogP contribution < -0.4 is 10.2 Å². The van der Waals surface area contributed by atoms with Gasteiger partial charge in [-0.05, 0) is 35.7 Å². The van der Waals surface area contributed by atoms with Gasteiger partial charge in [0.15, 0.2) is 0 Å². The molecule has 21 heavy (non-hydrogen) atoms. The molecule has 1 unspecified atom stereocenters. The van der Waals surface area contributed by atoms with E-state index in [1.807, 2.05) is 11.6 Å². The lowest BCUT2D eigenvalue weighted by molar-refractivity contribution is -0.388. The summed E-state index contributed by atoms with van der Waals surface area (Å²) in [6, 6.07) is 0.403. The van der Waals surface area contributed by atoms with Gasteiger partial charge in [-0.2, -0.15) is 0 Å². The first-order chi connectivity index (χ1) is 10.0. The summed E-state index contributed by atoms with van der Waals surface area (Å²) in [4.78, 5) is 17.1. The van der Waals surface area contributed by atoms with E-state index >= 15 is 0 Å². The molecule has 118 valence electrons. The summed E-state index contributed by atoms with van der Waals surface area (Å²) in [6.07, 6.45) is 4.53.